The van der Waals surface area contributed by atoms with Crippen molar-refractivity contribution in [1.29, 1.82) is 0 Å². The molecule has 26 heavy (non-hydrogen) atoms. The first-order valence-corrected chi connectivity index (χ1v) is 11.1. The van der Waals surface area contributed by atoms with Crippen molar-refractivity contribution in [3.63, 3.8) is 0 Å². The van der Waals surface area contributed by atoms with Gasteiger partial charge < -0.3 is 0 Å². The average molecular weight is 419 g/mol. The van der Waals surface area contributed by atoms with Crippen molar-refractivity contribution in [2.24, 2.45) is 11.8 Å². The second-order valence-corrected chi connectivity index (χ2v) is 9.63. The van der Waals surface area contributed by atoms with E-state index >= 15 is 0 Å². The predicted molar refractivity (Wildman–Crippen MR) is 106 cm³/mol. The molecular formula is C22H28BrFN2. The molecule has 2 bridgehead atoms. The lowest BCUT2D eigenvalue weighted by Gasteiger charge is -2.54. The van der Waals surface area contributed by atoms with E-state index in [0.717, 1.165) is 41.0 Å². The molecule has 0 saturated carbocycles. The predicted octanol–water partition coefficient (Wildman–Crippen LogP) is 4.98. The molecule has 0 N–H and O–H groups in total. The van der Waals surface area contributed by atoms with E-state index < -0.39 is 0 Å². The van der Waals surface area contributed by atoms with Gasteiger partial charge in [0.15, 0.2) is 0 Å². The Balaban J connectivity index is 1.42. The highest BCUT2D eigenvalue weighted by atomic mass is 79.9. The Morgan fingerprint density at radius 2 is 2.08 bits per heavy atom. The molecule has 3 aliphatic heterocycles. The van der Waals surface area contributed by atoms with Crippen LogP contribution in [0.5, 0.6) is 0 Å². The first-order chi connectivity index (χ1) is 12.7. The molecule has 0 spiro atoms. The summed E-state index contributed by atoms with van der Waals surface area (Å²) in [6.07, 6.45) is 10.6. The van der Waals surface area contributed by atoms with Crippen molar-refractivity contribution in [3.8, 4) is 0 Å². The summed E-state index contributed by atoms with van der Waals surface area (Å²) in [5, 5.41) is 0. The highest BCUT2D eigenvalue weighted by molar-refractivity contribution is 9.10. The molecule has 0 aromatic heterocycles. The van der Waals surface area contributed by atoms with E-state index in [9.17, 15) is 4.39 Å². The van der Waals surface area contributed by atoms with Gasteiger partial charge in [-0.1, -0.05) is 40.1 Å². The van der Waals surface area contributed by atoms with Crippen LogP contribution < -0.4 is 0 Å². The van der Waals surface area contributed by atoms with Crippen molar-refractivity contribution in [3.05, 3.63) is 45.7 Å². The number of benzene rings is 1. The first-order valence-electron chi connectivity index (χ1n) is 10.3. The van der Waals surface area contributed by atoms with Crippen LogP contribution in [0.1, 0.15) is 44.1 Å². The number of hydrogen-bond donors (Lipinski definition) is 0. The van der Waals surface area contributed by atoms with Gasteiger partial charge in [0.05, 0.1) is 0 Å². The largest absolute Gasteiger partial charge is 0.299 e. The zero-order valence-corrected chi connectivity index (χ0v) is 16.9. The van der Waals surface area contributed by atoms with Crippen molar-refractivity contribution in [2.45, 2.75) is 57.2 Å². The zero-order chi connectivity index (χ0) is 17.7. The molecule has 0 amide bonds. The maximum Gasteiger partial charge on any atom is 0.128 e. The molecule has 1 aromatic rings. The minimum Gasteiger partial charge on any atom is -0.299 e. The molecule has 1 aliphatic carbocycles. The van der Waals surface area contributed by atoms with Gasteiger partial charge in [-0.15, -0.1) is 0 Å². The van der Waals surface area contributed by atoms with Crippen molar-refractivity contribution >= 4 is 15.9 Å². The van der Waals surface area contributed by atoms with Gasteiger partial charge >= 0.3 is 0 Å². The minimum absolute atomic E-state index is 0.0797. The van der Waals surface area contributed by atoms with E-state index in [1.807, 2.05) is 12.1 Å². The number of hydrogen-bond acceptors (Lipinski definition) is 2. The van der Waals surface area contributed by atoms with Crippen LogP contribution in [0, 0.1) is 17.7 Å². The lowest BCUT2D eigenvalue weighted by atomic mass is 9.68. The van der Waals surface area contributed by atoms with Crippen LogP contribution >= 0.6 is 15.9 Å². The Kier molecular flexibility index (Phi) is 4.70. The summed E-state index contributed by atoms with van der Waals surface area (Å²) in [7, 11) is 0. The van der Waals surface area contributed by atoms with Gasteiger partial charge in [0.2, 0.25) is 0 Å². The second kappa shape index (κ2) is 7.03. The summed E-state index contributed by atoms with van der Waals surface area (Å²) in [6, 6.07) is 6.85. The van der Waals surface area contributed by atoms with E-state index in [4.69, 9.17) is 0 Å². The van der Waals surface area contributed by atoms with E-state index in [1.165, 1.54) is 51.6 Å². The molecular weight excluding hydrogens is 391 g/mol. The van der Waals surface area contributed by atoms with E-state index in [-0.39, 0.29) is 5.82 Å². The average Bonchev–Trinajstić information content (AvgIpc) is 2.64. The van der Waals surface area contributed by atoms with Gasteiger partial charge in [0.1, 0.15) is 5.82 Å². The van der Waals surface area contributed by atoms with E-state index in [0.29, 0.717) is 6.04 Å². The molecule has 3 fully saturated rings. The van der Waals surface area contributed by atoms with Gasteiger partial charge in [0.25, 0.3) is 0 Å². The number of rotatable bonds is 2. The lowest BCUT2D eigenvalue weighted by Crippen LogP contribution is -2.59. The normalized spacial score (nSPS) is 34.8. The molecule has 5 rings (SSSR count). The molecule has 0 radical (unpaired) electrons. The monoisotopic (exact) mass is 418 g/mol. The molecule has 140 valence electrons. The van der Waals surface area contributed by atoms with Gasteiger partial charge in [0, 0.05) is 35.2 Å². The number of piperidine rings is 3. The van der Waals surface area contributed by atoms with Gasteiger partial charge in [-0.2, -0.15) is 0 Å². The molecule has 2 nitrogen and oxygen atoms in total. The number of halogens is 2. The molecule has 4 aliphatic rings. The van der Waals surface area contributed by atoms with Crippen molar-refractivity contribution < 1.29 is 4.39 Å². The Morgan fingerprint density at radius 1 is 1.15 bits per heavy atom. The Labute approximate surface area is 164 Å². The third-order valence-electron chi connectivity index (χ3n) is 7.15. The summed E-state index contributed by atoms with van der Waals surface area (Å²) in [6.45, 7) is 4.38. The molecule has 4 atom stereocenters. The fraction of sp³-hybridized carbons (Fsp3) is 0.636. The van der Waals surface area contributed by atoms with E-state index in [1.54, 1.807) is 11.6 Å². The van der Waals surface area contributed by atoms with Crippen LogP contribution in [-0.4, -0.2) is 41.5 Å². The first kappa shape index (κ1) is 17.4. The maximum atomic E-state index is 14.4. The summed E-state index contributed by atoms with van der Waals surface area (Å²) >= 11 is 3.38. The third-order valence-corrected chi connectivity index (χ3v) is 7.64. The van der Waals surface area contributed by atoms with Crippen LogP contribution in [0.15, 0.2) is 34.3 Å². The van der Waals surface area contributed by atoms with Gasteiger partial charge in [-0.25, -0.2) is 4.39 Å². The molecule has 3 heterocycles. The summed E-state index contributed by atoms with van der Waals surface area (Å²) < 4.78 is 15.2. The molecule has 3 saturated heterocycles. The summed E-state index contributed by atoms with van der Waals surface area (Å²) in [5.74, 6) is 1.42. The fourth-order valence-corrected chi connectivity index (χ4v) is 6.46. The standard InChI is InChI=1S/C22H28BrFN2/c23-19-7-6-16(20(24)12-19)13-26-9-3-4-15-10-17-11-18(22(15)26)14-25-8-2-1-5-21(17)25/h6-7,10,12,17-18,21-22H,1-5,8-9,11,13-14H2/t17-,18-,21+,22+/m0/s1. The number of nitrogens with zero attached hydrogens (tertiary/aromatic N) is 2. The van der Waals surface area contributed by atoms with Crippen molar-refractivity contribution in [2.75, 3.05) is 19.6 Å². The minimum atomic E-state index is -0.0797. The lowest BCUT2D eigenvalue weighted by molar-refractivity contribution is -0.00285. The Bertz CT molecular complexity index is 718. The van der Waals surface area contributed by atoms with Crippen LogP contribution in [0.2, 0.25) is 0 Å². The summed E-state index contributed by atoms with van der Waals surface area (Å²) in [4.78, 5) is 5.36. The number of likely N-dealkylation sites (tertiary alicyclic amines) is 1. The van der Waals surface area contributed by atoms with Crippen LogP contribution in [0.25, 0.3) is 0 Å². The Morgan fingerprint density at radius 3 is 2.96 bits per heavy atom. The molecule has 4 heteroatoms. The highest BCUT2D eigenvalue weighted by Gasteiger charge is 2.45. The summed E-state index contributed by atoms with van der Waals surface area (Å²) in [5.41, 5.74) is 2.50. The third kappa shape index (κ3) is 3.08. The van der Waals surface area contributed by atoms with Gasteiger partial charge in [-0.05, 0) is 69.2 Å². The number of fused-ring (bicyclic) bond motifs is 6. The zero-order valence-electron chi connectivity index (χ0n) is 15.3. The van der Waals surface area contributed by atoms with Gasteiger partial charge in [-0.3, -0.25) is 9.80 Å². The Hall–Kier alpha value is -0.710. The maximum absolute atomic E-state index is 14.4. The van der Waals surface area contributed by atoms with Crippen molar-refractivity contribution in [1.82, 2.24) is 9.80 Å². The molecule has 0 unspecified atom stereocenters. The quantitative estimate of drug-likeness (QED) is 0.624. The smallest absolute Gasteiger partial charge is 0.128 e. The van der Waals surface area contributed by atoms with Crippen LogP contribution in [0.3, 0.4) is 0 Å². The fourth-order valence-electron chi connectivity index (χ4n) is 6.13. The topological polar surface area (TPSA) is 6.48 Å². The van der Waals surface area contributed by atoms with Crippen LogP contribution in [0.4, 0.5) is 4.39 Å². The molecule has 1 aromatic carbocycles. The van der Waals surface area contributed by atoms with E-state index in [2.05, 4.69) is 31.8 Å². The second-order valence-electron chi connectivity index (χ2n) is 8.71. The van der Waals surface area contributed by atoms with Crippen LogP contribution in [-0.2, 0) is 6.54 Å². The SMILES string of the molecule is Fc1cc(Br)ccc1CN1CCCC2=C[C@H]3C[C@@H](CN4CCCC[C@H]34)[C@@H]21. The highest BCUT2D eigenvalue weighted by Crippen LogP contribution is 2.45.